The van der Waals surface area contributed by atoms with Crippen molar-refractivity contribution in [3.8, 4) is 0 Å². The summed E-state index contributed by atoms with van der Waals surface area (Å²) in [5.74, 6) is 0. The minimum absolute atomic E-state index is 0.0122. The second-order valence-corrected chi connectivity index (χ2v) is 5.87. The Hall–Kier alpha value is -2.15. The second kappa shape index (κ2) is 3.95. The predicted octanol–water partition coefficient (Wildman–Crippen LogP) is 1.73. The Morgan fingerprint density at radius 3 is 2.39 bits per heavy atom. The van der Waals surface area contributed by atoms with E-state index in [1.807, 2.05) is 0 Å². The molecule has 0 radical (unpaired) electrons. The molecule has 0 spiro atoms. The molecule has 0 unspecified atom stereocenters. The predicted molar refractivity (Wildman–Crippen MR) is 68.1 cm³/mol. The number of nitro groups is 1. The number of hydrogen-bond donors (Lipinski definition) is 1. The van der Waals surface area contributed by atoms with Gasteiger partial charge in [0, 0.05) is 11.6 Å². The van der Waals surface area contributed by atoms with Crippen LogP contribution in [0, 0.1) is 10.1 Å². The Morgan fingerprint density at radius 1 is 1.17 bits per heavy atom. The fourth-order valence-electron chi connectivity index (χ4n) is 1.86. The number of nitro benzene ring substituents is 1. The fraction of sp³-hybridized carbons (Fsp3) is 0.0909. The van der Waals surface area contributed by atoms with Crippen molar-refractivity contribution in [2.24, 2.45) is 0 Å². The Kier molecular flexibility index (Phi) is 2.70. The van der Waals surface area contributed by atoms with Crippen molar-refractivity contribution < 1.29 is 13.3 Å². The molecule has 0 bridgehead atoms. The SMILES string of the molecule is CS(=O)(=O)c1cccc2c([N+](=O)[O-])c(N)ccc12. The summed E-state index contributed by atoms with van der Waals surface area (Å²) in [5.41, 5.74) is 5.30. The summed E-state index contributed by atoms with van der Waals surface area (Å²) < 4.78 is 23.2. The van der Waals surface area contributed by atoms with Gasteiger partial charge in [-0.2, -0.15) is 0 Å². The zero-order valence-corrected chi connectivity index (χ0v) is 10.3. The lowest BCUT2D eigenvalue weighted by molar-refractivity contribution is -0.382. The van der Waals surface area contributed by atoms with Crippen LogP contribution in [-0.2, 0) is 9.84 Å². The quantitative estimate of drug-likeness (QED) is 0.506. The molecule has 0 saturated heterocycles. The maximum atomic E-state index is 11.6. The van der Waals surface area contributed by atoms with Gasteiger partial charge in [0.25, 0.3) is 5.69 Å². The zero-order chi connectivity index (χ0) is 13.5. The van der Waals surface area contributed by atoms with E-state index in [1.54, 1.807) is 0 Å². The van der Waals surface area contributed by atoms with E-state index in [0.717, 1.165) is 6.26 Å². The van der Waals surface area contributed by atoms with Gasteiger partial charge in [0.1, 0.15) is 5.69 Å². The topological polar surface area (TPSA) is 103 Å². The Balaban J connectivity index is 2.99. The van der Waals surface area contributed by atoms with E-state index in [0.29, 0.717) is 5.39 Å². The molecule has 0 fully saturated rings. The van der Waals surface area contributed by atoms with Gasteiger partial charge in [0.05, 0.1) is 15.2 Å². The van der Waals surface area contributed by atoms with E-state index in [4.69, 9.17) is 5.73 Å². The van der Waals surface area contributed by atoms with Crippen molar-refractivity contribution in [1.82, 2.24) is 0 Å². The highest BCUT2D eigenvalue weighted by molar-refractivity contribution is 7.91. The molecule has 0 aromatic heterocycles. The van der Waals surface area contributed by atoms with Crippen molar-refractivity contribution >= 4 is 32.0 Å². The van der Waals surface area contributed by atoms with Gasteiger partial charge in [0.15, 0.2) is 9.84 Å². The number of nitrogens with two attached hydrogens (primary N) is 1. The van der Waals surface area contributed by atoms with Gasteiger partial charge >= 0.3 is 0 Å². The molecule has 0 aliphatic heterocycles. The minimum atomic E-state index is -3.45. The van der Waals surface area contributed by atoms with Gasteiger partial charge in [-0.05, 0) is 18.2 Å². The lowest BCUT2D eigenvalue weighted by atomic mass is 10.1. The number of hydrogen-bond acceptors (Lipinski definition) is 5. The van der Waals surface area contributed by atoms with E-state index < -0.39 is 14.8 Å². The Labute approximate surface area is 103 Å². The highest BCUT2D eigenvalue weighted by Crippen LogP contribution is 2.34. The van der Waals surface area contributed by atoms with Gasteiger partial charge in [0.2, 0.25) is 0 Å². The first kappa shape index (κ1) is 12.3. The molecule has 7 heteroatoms. The average molecular weight is 266 g/mol. The molecule has 0 aliphatic rings. The van der Waals surface area contributed by atoms with Crippen LogP contribution >= 0.6 is 0 Å². The molecule has 2 N–H and O–H groups in total. The van der Waals surface area contributed by atoms with E-state index in [2.05, 4.69) is 0 Å². The Morgan fingerprint density at radius 2 is 1.83 bits per heavy atom. The summed E-state index contributed by atoms with van der Waals surface area (Å²) in [6, 6.07) is 7.18. The molecule has 0 aliphatic carbocycles. The van der Waals surface area contributed by atoms with E-state index in [1.165, 1.54) is 30.3 Å². The smallest absolute Gasteiger partial charge is 0.299 e. The third-order valence-electron chi connectivity index (χ3n) is 2.61. The molecular formula is C11H10N2O4S. The largest absolute Gasteiger partial charge is 0.393 e. The van der Waals surface area contributed by atoms with E-state index in [9.17, 15) is 18.5 Å². The minimum Gasteiger partial charge on any atom is -0.393 e. The molecule has 18 heavy (non-hydrogen) atoms. The van der Waals surface area contributed by atoms with E-state index in [-0.39, 0.29) is 21.7 Å². The first-order chi connectivity index (χ1) is 8.32. The number of rotatable bonds is 2. The fourth-order valence-corrected chi connectivity index (χ4v) is 2.76. The van der Waals surface area contributed by atoms with Crippen LogP contribution in [-0.4, -0.2) is 19.6 Å². The number of fused-ring (bicyclic) bond motifs is 1. The molecule has 0 heterocycles. The van der Waals surface area contributed by atoms with Crippen LogP contribution in [0.2, 0.25) is 0 Å². The molecule has 6 nitrogen and oxygen atoms in total. The van der Waals surface area contributed by atoms with Crippen molar-refractivity contribution in [3.63, 3.8) is 0 Å². The van der Waals surface area contributed by atoms with Crippen LogP contribution in [0.3, 0.4) is 0 Å². The summed E-state index contributed by atoms with van der Waals surface area (Å²) in [4.78, 5) is 10.4. The first-order valence-corrected chi connectivity index (χ1v) is 6.87. The van der Waals surface area contributed by atoms with Crippen LogP contribution in [0.4, 0.5) is 11.4 Å². The lowest BCUT2D eigenvalue weighted by Gasteiger charge is -2.06. The van der Waals surface area contributed by atoms with Crippen molar-refractivity contribution in [1.29, 1.82) is 0 Å². The molecule has 2 aromatic rings. The Bertz CT molecular complexity index is 753. The number of nitrogens with zero attached hydrogens (tertiary/aromatic N) is 1. The maximum Gasteiger partial charge on any atom is 0.299 e. The summed E-state index contributed by atoms with van der Waals surface area (Å²) >= 11 is 0. The van der Waals surface area contributed by atoms with Gasteiger partial charge in [-0.25, -0.2) is 8.42 Å². The van der Waals surface area contributed by atoms with Gasteiger partial charge in [-0.15, -0.1) is 0 Å². The van der Waals surface area contributed by atoms with Crippen LogP contribution < -0.4 is 5.73 Å². The number of benzene rings is 2. The molecule has 0 saturated carbocycles. The summed E-state index contributed by atoms with van der Waals surface area (Å²) in [6.07, 6.45) is 1.06. The maximum absolute atomic E-state index is 11.6. The molecule has 2 aromatic carbocycles. The second-order valence-electron chi connectivity index (χ2n) is 3.88. The van der Waals surface area contributed by atoms with Crippen LogP contribution in [0.1, 0.15) is 0 Å². The van der Waals surface area contributed by atoms with Gasteiger partial charge in [-0.1, -0.05) is 12.1 Å². The molecule has 0 atom stereocenters. The summed E-state index contributed by atoms with van der Waals surface area (Å²) in [7, 11) is -3.45. The lowest BCUT2D eigenvalue weighted by Crippen LogP contribution is -2.01. The summed E-state index contributed by atoms with van der Waals surface area (Å²) in [6.45, 7) is 0. The number of sulfone groups is 1. The van der Waals surface area contributed by atoms with Gasteiger partial charge in [-0.3, -0.25) is 10.1 Å². The number of anilines is 1. The molecule has 2 rings (SSSR count). The zero-order valence-electron chi connectivity index (χ0n) is 9.45. The van der Waals surface area contributed by atoms with E-state index >= 15 is 0 Å². The van der Waals surface area contributed by atoms with Crippen molar-refractivity contribution in [3.05, 3.63) is 40.4 Å². The normalized spacial score (nSPS) is 11.6. The van der Waals surface area contributed by atoms with Gasteiger partial charge < -0.3 is 5.73 Å². The summed E-state index contributed by atoms with van der Waals surface area (Å²) in [5, 5.41) is 11.5. The third-order valence-corrected chi connectivity index (χ3v) is 3.76. The van der Waals surface area contributed by atoms with Crippen molar-refractivity contribution in [2.75, 3.05) is 12.0 Å². The van der Waals surface area contributed by atoms with Crippen molar-refractivity contribution in [2.45, 2.75) is 4.90 Å². The van der Waals surface area contributed by atoms with Crippen LogP contribution in [0.15, 0.2) is 35.2 Å². The number of nitrogen functional groups attached to an aromatic ring is 1. The highest BCUT2D eigenvalue weighted by Gasteiger charge is 2.20. The standard InChI is InChI=1S/C11H10N2O4S/c1-18(16,17)10-4-2-3-8-7(10)5-6-9(12)11(8)13(14)15/h2-6H,12H2,1H3. The first-order valence-electron chi connectivity index (χ1n) is 4.98. The van der Waals surface area contributed by atoms with Crippen LogP contribution in [0.5, 0.6) is 0 Å². The molecular weight excluding hydrogens is 256 g/mol. The average Bonchev–Trinajstić information content (AvgIpc) is 2.25. The third kappa shape index (κ3) is 1.88. The van der Waals surface area contributed by atoms with Crippen LogP contribution in [0.25, 0.3) is 10.8 Å². The molecule has 0 amide bonds. The monoisotopic (exact) mass is 266 g/mol. The highest BCUT2D eigenvalue weighted by atomic mass is 32.2. The molecule has 94 valence electrons.